The third-order valence-corrected chi connectivity index (χ3v) is 3.51. The third kappa shape index (κ3) is 4.64. The van der Waals surface area contributed by atoms with E-state index in [1.54, 1.807) is 0 Å². The minimum atomic E-state index is 0. The van der Waals surface area contributed by atoms with Gasteiger partial charge >= 0.3 is 0 Å². The number of guanidine groups is 1. The van der Waals surface area contributed by atoms with Crippen LogP contribution in [0.4, 0.5) is 0 Å². The highest BCUT2D eigenvalue weighted by atomic mass is 127. The van der Waals surface area contributed by atoms with Gasteiger partial charge in [0.1, 0.15) is 0 Å². The van der Waals surface area contributed by atoms with Crippen LogP contribution in [0, 0.1) is 11.3 Å². The van der Waals surface area contributed by atoms with Crippen molar-refractivity contribution >= 4 is 29.9 Å². The molecule has 100 valence electrons. The molecule has 1 N–H and O–H groups in total. The van der Waals surface area contributed by atoms with E-state index in [1.165, 1.54) is 19.3 Å². The Hall–Kier alpha value is 0. The number of rotatable bonds is 3. The molecule has 1 aliphatic heterocycles. The quantitative estimate of drug-likeness (QED) is 0.481. The average molecular weight is 351 g/mol. The second-order valence-electron chi connectivity index (χ2n) is 5.97. The van der Waals surface area contributed by atoms with Gasteiger partial charge in [0.05, 0.1) is 0 Å². The Bertz CT molecular complexity index is 272. The lowest BCUT2D eigenvalue weighted by atomic mass is 9.93. The van der Waals surface area contributed by atoms with Crippen LogP contribution in [0.15, 0.2) is 4.99 Å². The summed E-state index contributed by atoms with van der Waals surface area (Å²) >= 11 is 0. The normalized spacial score (nSPS) is 23.5. The SMILES string of the molecule is CCNC(=NCC1CC1)N1CCC(C)(C)C1.I. The van der Waals surface area contributed by atoms with Crippen LogP contribution in [0.1, 0.15) is 40.0 Å². The maximum atomic E-state index is 4.75. The maximum absolute atomic E-state index is 4.75. The molecule has 0 amide bonds. The van der Waals surface area contributed by atoms with Gasteiger partial charge in [0, 0.05) is 26.2 Å². The smallest absolute Gasteiger partial charge is 0.193 e. The highest BCUT2D eigenvalue weighted by Crippen LogP contribution is 2.30. The molecule has 1 aliphatic carbocycles. The number of aliphatic imine (C=N–C) groups is 1. The predicted octanol–water partition coefficient (Wildman–Crippen LogP) is 2.71. The lowest BCUT2D eigenvalue weighted by Crippen LogP contribution is -2.40. The van der Waals surface area contributed by atoms with Crippen LogP contribution in [0.2, 0.25) is 0 Å². The summed E-state index contributed by atoms with van der Waals surface area (Å²) < 4.78 is 0. The van der Waals surface area contributed by atoms with Crippen LogP contribution in [-0.2, 0) is 0 Å². The molecule has 1 saturated heterocycles. The zero-order chi connectivity index (χ0) is 11.6. The molecule has 17 heavy (non-hydrogen) atoms. The Balaban J connectivity index is 0.00000144. The van der Waals surface area contributed by atoms with Crippen molar-refractivity contribution in [3.63, 3.8) is 0 Å². The van der Waals surface area contributed by atoms with Gasteiger partial charge in [-0.1, -0.05) is 13.8 Å². The van der Waals surface area contributed by atoms with Crippen molar-refractivity contribution in [2.75, 3.05) is 26.2 Å². The first-order chi connectivity index (χ1) is 7.61. The summed E-state index contributed by atoms with van der Waals surface area (Å²) in [5, 5.41) is 3.42. The summed E-state index contributed by atoms with van der Waals surface area (Å²) in [6.07, 6.45) is 4.05. The third-order valence-electron chi connectivity index (χ3n) is 3.51. The molecule has 0 aromatic rings. The molecule has 1 saturated carbocycles. The average Bonchev–Trinajstić information content (AvgIpc) is 2.97. The fraction of sp³-hybridized carbons (Fsp3) is 0.923. The number of likely N-dealkylation sites (tertiary alicyclic amines) is 1. The Morgan fingerprint density at radius 2 is 2.12 bits per heavy atom. The van der Waals surface area contributed by atoms with Gasteiger partial charge in [0.2, 0.25) is 0 Å². The number of hydrogen-bond acceptors (Lipinski definition) is 1. The number of hydrogen-bond donors (Lipinski definition) is 1. The number of nitrogens with zero attached hydrogens (tertiary/aromatic N) is 2. The highest BCUT2D eigenvalue weighted by molar-refractivity contribution is 14.0. The summed E-state index contributed by atoms with van der Waals surface area (Å²) in [4.78, 5) is 7.18. The number of halogens is 1. The fourth-order valence-electron chi connectivity index (χ4n) is 2.24. The Kier molecular flexibility index (Phi) is 5.54. The molecule has 0 bridgehead atoms. The molecule has 2 fully saturated rings. The van der Waals surface area contributed by atoms with Gasteiger partial charge in [-0.15, -0.1) is 24.0 Å². The van der Waals surface area contributed by atoms with Crippen molar-refractivity contribution in [3.8, 4) is 0 Å². The second kappa shape index (κ2) is 6.25. The molecular weight excluding hydrogens is 325 g/mol. The highest BCUT2D eigenvalue weighted by Gasteiger charge is 2.31. The molecule has 0 unspecified atom stereocenters. The summed E-state index contributed by atoms with van der Waals surface area (Å²) in [6.45, 7) is 11.1. The Morgan fingerprint density at radius 1 is 1.41 bits per heavy atom. The molecule has 2 aliphatic rings. The van der Waals surface area contributed by atoms with Gasteiger partial charge in [-0.05, 0) is 37.5 Å². The van der Waals surface area contributed by atoms with Crippen LogP contribution in [0.3, 0.4) is 0 Å². The van der Waals surface area contributed by atoms with Gasteiger partial charge in [0.25, 0.3) is 0 Å². The Labute approximate surface area is 122 Å². The van der Waals surface area contributed by atoms with Gasteiger partial charge in [-0.25, -0.2) is 0 Å². The van der Waals surface area contributed by atoms with Crippen molar-refractivity contribution in [1.29, 1.82) is 0 Å². The Morgan fingerprint density at radius 3 is 2.59 bits per heavy atom. The van der Waals surface area contributed by atoms with Crippen molar-refractivity contribution in [2.24, 2.45) is 16.3 Å². The van der Waals surface area contributed by atoms with Gasteiger partial charge in [-0.2, -0.15) is 0 Å². The molecule has 4 heteroatoms. The van der Waals surface area contributed by atoms with E-state index >= 15 is 0 Å². The van der Waals surface area contributed by atoms with E-state index in [4.69, 9.17) is 4.99 Å². The summed E-state index contributed by atoms with van der Waals surface area (Å²) in [5.41, 5.74) is 0.454. The van der Waals surface area contributed by atoms with Crippen molar-refractivity contribution in [1.82, 2.24) is 10.2 Å². The first kappa shape index (κ1) is 15.1. The summed E-state index contributed by atoms with van der Waals surface area (Å²) in [6, 6.07) is 0. The number of nitrogens with one attached hydrogen (secondary N) is 1. The van der Waals surface area contributed by atoms with E-state index in [0.717, 1.165) is 38.1 Å². The van der Waals surface area contributed by atoms with E-state index in [0.29, 0.717) is 5.41 Å². The minimum Gasteiger partial charge on any atom is -0.357 e. The van der Waals surface area contributed by atoms with E-state index in [2.05, 4.69) is 31.0 Å². The topological polar surface area (TPSA) is 27.6 Å². The van der Waals surface area contributed by atoms with E-state index in [9.17, 15) is 0 Å². The van der Waals surface area contributed by atoms with Crippen molar-refractivity contribution in [3.05, 3.63) is 0 Å². The molecule has 0 radical (unpaired) electrons. The zero-order valence-electron chi connectivity index (χ0n) is 11.3. The summed E-state index contributed by atoms with van der Waals surface area (Å²) in [5.74, 6) is 2.02. The van der Waals surface area contributed by atoms with Crippen LogP contribution in [-0.4, -0.2) is 37.0 Å². The lowest BCUT2D eigenvalue weighted by Gasteiger charge is -2.23. The molecule has 0 aromatic carbocycles. The lowest BCUT2D eigenvalue weighted by molar-refractivity contribution is 0.370. The largest absolute Gasteiger partial charge is 0.357 e. The predicted molar refractivity (Wildman–Crippen MR) is 84.1 cm³/mol. The van der Waals surface area contributed by atoms with Crippen LogP contribution in [0.25, 0.3) is 0 Å². The van der Waals surface area contributed by atoms with Gasteiger partial charge < -0.3 is 10.2 Å². The molecule has 1 heterocycles. The molecule has 2 rings (SSSR count). The van der Waals surface area contributed by atoms with E-state index in [-0.39, 0.29) is 24.0 Å². The molecular formula is C13H26IN3. The van der Waals surface area contributed by atoms with E-state index < -0.39 is 0 Å². The first-order valence-corrected chi connectivity index (χ1v) is 6.64. The van der Waals surface area contributed by atoms with Crippen molar-refractivity contribution in [2.45, 2.75) is 40.0 Å². The molecule has 0 spiro atoms. The fourth-order valence-corrected chi connectivity index (χ4v) is 2.24. The minimum absolute atomic E-state index is 0. The van der Waals surface area contributed by atoms with Crippen LogP contribution in [0.5, 0.6) is 0 Å². The van der Waals surface area contributed by atoms with Crippen LogP contribution >= 0.6 is 24.0 Å². The standard InChI is InChI=1S/C13H25N3.HI/c1-4-14-12(15-9-11-5-6-11)16-8-7-13(2,3)10-16;/h11H,4-10H2,1-3H3,(H,14,15);1H. The summed E-state index contributed by atoms with van der Waals surface area (Å²) in [7, 11) is 0. The maximum Gasteiger partial charge on any atom is 0.193 e. The molecule has 0 aromatic heterocycles. The van der Waals surface area contributed by atoms with Crippen molar-refractivity contribution < 1.29 is 0 Å². The van der Waals surface area contributed by atoms with E-state index in [1.807, 2.05) is 0 Å². The van der Waals surface area contributed by atoms with Gasteiger partial charge in [0.15, 0.2) is 5.96 Å². The monoisotopic (exact) mass is 351 g/mol. The van der Waals surface area contributed by atoms with Gasteiger partial charge in [-0.3, -0.25) is 4.99 Å². The van der Waals surface area contributed by atoms with Crippen LogP contribution < -0.4 is 5.32 Å². The molecule has 3 nitrogen and oxygen atoms in total. The first-order valence-electron chi connectivity index (χ1n) is 6.64. The molecule has 0 atom stereocenters. The zero-order valence-corrected chi connectivity index (χ0v) is 13.7. The second-order valence-corrected chi connectivity index (χ2v) is 5.97.